The Bertz CT molecular complexity index is 327. The van der Waals surface area contributed by atoms with Gasteiger partial charge in [-0.05, 0) is 6.07 Å². The van der Waals surface area contributed by atoms with E-state index in [1.165, 1.54) is 12.1 Å². The van der Waals surface area contributed by atoms with Gasteiger partial charge in [-0.2, -0.15) is 0 Å². The molecule has 1 aromatic carbocycles. The predicted molar refractivity (Wildman–Crippen MR) is 51.7 cm³/mol. The van der Waals surface area contributed by atoms with E-state index in [1.54, 1.807) is 0 Å². The summed E-state index contributed by atoms with van der Waals surface area (Å²) in [5.74, 6) is -2.74. The number of aliphatic hydroxyl groups is 1. The van der Waals surface area contributed by atoms with Crippen LogP contribution >= 0.6 is 23.2 Å². The zero-order valence-electron chi connectivity index (χ0n) is 7.11. The number of rotatable bonds is 3. The van der Waals surface area contributed by atoms with Gasteiger partial charge in [-0.15, -0.1) is 23.2 Å². The highest BCUT2D eigenvalue weighted by Crippen LogP contribution is 2.27. The number of alkyl halides is 2. The Balaban J connectivity index is 3.24. The molecule has 0 aliphatic rings. The molecule has 1 N–H and O–H groups in total. The van der Waals surface area contributed by atoms with E-state index in [9.17, 15) is 13.9 Å². The van der Waals surface area contributed by atoms with Crippen LogP contribution in [-0.2, 0) is 5.60 Å². The van der Waals surface area contributed by atoms with E-state index >= 15 is 0 Å². The van der Waals surface area contributed by atoms with Gasteiger partial charge in [0.15, 0.2) is 11.6 Å². The predicted octanol–water partition coefficient (Wildman–Crippen LogP) is 2.63. The lowest BCUT2D eigenvalue weighted by Gasteiger charge is -2.23. The summed E-state index contributed by atoms with van der Waals surface area (Å²) < 4.78 is 26.0. The molecule has 0 aliphatic carbocycles. The SMILES string of the molecule is OC(CCl)(CCl)c1cccc(F)c1F. The van der Waals surface area contributed by atoms with Gasteiger partial charge >= 0.3 is 0 Å². The van der Waals surface area contributed by atoms with Gasteiger partial charge in [0.1, 0.15) is 5.60 Å². The second-order valence-corrected chi connectivity index (χ2v) is 3.43. The van der Waals surface area contributed by atoms with E-state index < -0.39 is 17.2 Å². The molecule has 0 heterocycles. The second kappa shape index (κ2) is 4.43. The minimum absolute atomic E-state index is 0.220. The molecule has 1 nitrogen and oxygen atoms in total. The second-order valence-electron chi connectivity index (χ2n) is 2.90. The van der Waals surface area contributed by atoms with Crippen LogP contribution in [-0.4, -0.2) is 16.9 Å². The first-order valence-electron chi connectivity index (χ1n) is 3.84. The highest BCUT2D eigenvalue weighted by Gasteiger charge is 2.31. The Morgan fingerprint density at radius 2 is 1.79 bits per heavy atom. The highest BCUT2D eigenvalue weighted by molar-refractivity contribution is 6.21. The van der Waals surface area contributed by atoms with E-state index in [0.29, 0.717) is 0 Å². The zero-order valence-corrected chi connectivity index (χ0v) is 8.62. The summed E-state index contributed by atoms with van der Waals surface area (Å²) in [5, 5.41) is 9.73. The van der Waals surface area contributed by atoms with Gasteiger partial charge in [-0.1, -0.05) is 12.1 Å². The molecule has 0 spiro atoms. The fraction of sp³-hybridized carbons (Fsp3) is 0.333. The molecule has 0 saturated heterocycles. The Hall–Kier alpha value is -0.380. The van der Waals surface area contributed by atoms with Crippen molar-refractivity contribution in [1.29, 1.82) is 0 Å². The van der Waals surface area contributed by atoms with Crippen molar-refractivity contribution >= 4 is 23.2 Å². The Morgan fingerprint density at radius 1 is 1.21 bits per heavy atom. The molecule has 0 saturated carbocycles. The quantitative estimate of drug-likeness (QED) is 0.806. The largest absolute Gasteiger partial charge is 0.383 e. The monoisotopic (exact) mass is 240 g/mol. The van der Waals surface area contributed by atoms with Crippen LogP contribution in [0.4, 0.5) is 8.78 Å². The summed E-state index contributed by atoms with van der Waals surface area (Å²) in [6.45, 7) is 0. The van der Waals surface area contributed by atoms with Gasteiger partial charge < -0.3 is 5.11 Å². The van der Waals surface area contributed by atoms with Gasteiger partial charge in [-0.3, -0.25) is 0 Å². The summed E-state index contributed by atoms with van der Waals surface area (Å²) in [6.07, 6.45) is 0. The van der Waals surface area contributed by atoms with Crippen molar-refractivity contribution in [3.63, 3.8) is 0 Å². The lowest BCUT2D eigenvalue weighted by atomic mass is 9.97. The van der Waals surface area contributed by atoms with Crippen LogP contribution < -0.4 is 0 Å². The molecule has 5 heteroatoms. The molecule has 0 bridgehead atoms. The minimum Gasteiger partial charge on any atom is -0.383 e. The van der Waals surface area contributed by atoms with Crippen molar-refractivity contribution in [3.8, 4) is 0 Å². The van der Waals surface area contributed by atoms with Gasteiger partial charge in [-0.25, -0.2) is 8.78 Å². The molecule has 1 rings (SSSR count). The number of hydrogen-bond acceptors (Lipinski definition) is 1. The molecule has 0 unspecified atom stereocenters. The first-order chi connectivity index (χ1) is 6.55. The molecule has 1 aromatic rings. The molecular weight excluding hydrogens is 233 g/mol. The van der Waals surface area contributed by atoms with Crippen molar-refractivity contribution in [2.24, 2.45) is 0 Å². The molecule has 0 amide bonds. The lowest BCUT2D eigenvalue weighted by molar-refractivity contribution is 0.0812. The summed E-state index contributed by atoms with van der Waals surface area (Å²) in [4.78, 5) is 0. The highest BCUT2D eigenvalue weighted by atomic mass is 35.5. The molecule has 14 heavy (non-hydrogen) atoms. The standard InChI is InChI=1S/C9H8Cl2F2O/c10-4-9(14,5-11)6-2-1-3-7(12)8(6)13/h1-3,14H,4-5H2. The average Bonchev–Trinajstić information content (AvgIpc) is 2.21. The first-order valence-corrected chi connectivity index (χ1v) is 4.91. The smallest absolute Gasteiger partial charge is 0.164 e. The van der Waals surface area contributed by atoms with Gasteiger partial charge in [0.2, 0.25) is 0 Å². The molecule has 0 aromatic heterocycles. The summed E-state index contributed by atoms with van der Waals surface area (Å²) >= 11 is 10.9. The van der Waals surface area contributed by atoms with Crippen molar-refractivity contribution in [1.82, 2.24) is 0 Å². The third-order valence-electron chi connectivity index (χ3n) is 1.90. The van der Waals surface area contributed by atoms with E-state index in [4.69, 9.17) is 23.2 Å². The van der Waals surface area contributed by atoms with Crippen LogP contribution in [0.3, 0.4) is 0 Å². The maximum absolute atomic E-state index is 13.2. The Morgan fingerprint density at radius 3 is 2.29 bits per heavy atom. The lowest BCUT2D eigenvalue weighted by Crippen LogP contribution is -2.31. The van der Waals surface area contributed by atoms with Crippen LogP contribution in [0.15, 0.2) is 18.2 Å². The Kier molecular flexibility index (Phi) is 3.70. The van der Waals surface area contributed by atoms with Crippen LogP contribution in [0, 0.1) is 11.6 Å². The minimum atomic E-state index is -1.73. The number of hydrogen-bond donors (Lipinski definition) is 1. The zero-order chi connectivity index (χ0) is 10.8. The molecule has 0 aliphatic heterocycles. The van der Waals surface area contributed by atoms with Crippen molar-refractivity contribution < 1.29 is 13.9 Å². The third-order valence-corrected chi connectivity index (χ3v) is 2.78. The number of benzene rings is 1. The summed E-state index contributed by atoms with van der Waals surface area (Å²) in [6, 6.07) is 3.50. The van der Waals surface area contributed by atoms with Gasteiger partial charge in [0.05, 0.1) is 11.8 Å². The maximum atomic E-state index is 13.2. The molecule has 0 atom stereocenters. The number of halogens is 4. The van der Waals surface area contributed by atoms with Crippen LogP contribution in [0.25, 0.3) is 0 Å². The molecular formula is C9H8Cl2F2O. The van der Waals surface area contributed by atoms with E-state index in [1.807, 2.05) is 0 Å². The fourth-order valence-corrected chi connectivity index (χ4v) is 1.62. The summed E-state index contributed by atoms with van der Waals surface area (Å²) in [5.41, 5.74) is -1.95. The maximum Gasteiger partial charge on any atom is 0.164 e. The van der Waals surface area contributed by atoms with Crippen molar-refractivity contribution in [3.05, 3.63) is 35.4 Å². The summed E-state index contributed by atoms with van der Waals surface area (Å²) in [7, 11) is 0. The van der Waals surface area contributed by atoms with E-state index in [-0.39, 0.29) is 17.3 Å². The van der Waals surface area contributed by atoms with Crippen molar-refractivity contribution in [2.45, 2.75) is 5.60 Å². The fourth-order valence-electron chi connectivity index (χ4n) is 1.04. The Labute approximate surface area is 90.3 Å². The average molecular weight is 241 g/mol. The van der Waals surface area contributed by atoms with Crippen LogP contribution in [0.5, 0.6) is 0 Å². The van der Waals surface area contributed by atoms with Gasteiger partial charge in [0.25, 0.3) is 0 Å². The molecule has 0 radical (unpaired) electrons. The van der Waals surface area contributed by atoms with Gasteiger partial charge in [0, 0.05) is 5.56 Å². The van der Waals surface area contributed by atoms with Crippen LogP contribution in [0.1, 0.15) is 5.56 Å². The van der Waals surface area contributed by atoms with E-state index in [2.05, 4.69) is 0 Å². The molecule has 0 fully saturated rings. The van der Waals surface area contributed by atoms with E-state index in [0.717, 1.165) is 6.07 Å². The normalized spacial score (nSPS) is 11.8. The van der Waals surface area contributed by atoms with Crippen molar-refractivity contribution in [2.75, 3.05) is 11.8 Å². The third kappa shape index (κ3) is 2.00. The van der Waals surface area contributed by atoms with Crippen LogP contribution in [0.2, 0.25) is 0 Å². The first kappa shape index (κ1) is 11.7. The topological polar surface area (TPSA) is 20.2 Å². The molecule has 78 valence electrons.